The molecule has 1 aliphatic heterocycles. The van der Waals surface area contributed by atoms with E-state index in [1.165, 1.54) is 0 Å². The van der Waals surface area contributed by atoms with Gasteiger partial charge in [0, 0.05) is 16.5 Å². The number of hydrogen-bond donors (Lipinski definition) is 1. The Morgan fingerprint density at radius 2 is 2.36 bits per heavy atom. The van der Waals surface area contributed by atoms with Crippen molar-refractivity contribution in [3.8, 4) is 5.75 Å². The fraction of sp³-hybridized carbons (Fsp3) is 0.455. The molecule has 0 bridgehead atoms. The number of hydrogen-bond acceptors (Lipinski definition) is 2. The topological polar surface area (TPSA) is 35.2 Å². The van der Waals surface area contributed by atoms with Crippen LogP contribution in [0, 0.1) is 0 Å². The maximum Gasteiger partial charge on any atom is 0.123 e. The summed E-state index contributed by atoms with van der Waals surface area (Å²) in [4.78, 5) is 0. The summed E-state index contributed by atoms with van der Waals surface area (Å²) in [5.74, 6) is 1.32. The summed E-state index contributed by atoms with van der Waals surface area (Å²) in [6.07, 6.45) is 1.22. The van der Waals surface area contributed by atoms with Crippen LogP contribution in [0.1, 0.15) is 24.8 Å². The van der Waals surface area contributed by atoms with Crippen molar-refractivity contribution < 1.29 is 4.74 Å². The first kappa shape index (κ1) is 9.81. The number of fused-ring (bicyclic) bond motifs is 1. The predicted molar refractivity (Wildman–Crippen MR) is 58.0 cm³/mol. The van der Waals surface area contributed by atoms with Gasteiger partial charge in [-0.3, -0.25) is 0 Å². The molecule has 2 N–H and O–H groups in total. The van der Waals surface area contributed by atoms with Crippen LogP contribution in [0.5, 0.6) is 5.75 Å². The monoisotopic (exact) mass is 211 g/mol. The summed E-state index contributed by atoms with van der Waals surface area (Å²) < 4.78 is 5.70. The van der Waals surface area contributed by atoms with Gasteiger partial charge in [0.05, 0.1) is 6.10 Å². The Kier molecular flexibility index (Phi) is 2.66. The van der Waals surface area contributed by atoms with E-state index in [-0.39, 0.29) is 6.10 Å². The normalized spacial score (nSPS) is 25.4. The van der Waals surface area contributed by atoms with Crippen molar-refractivity contribution in [2.45, 2.75) is 25.4 Å². The molecule has 1 aliphatic rings. The largest absolute Gasteiger partial charge is 0.490 e. The number of benzene rings is 1. The molecular weight excluding hydrogens is 198 g/mol. The van der Waals surface area contributed by atoms with E-state index in [9.17, 15) is 0 Å². The number of nitrogens with two attached hydrogens (primary N) is 1. The van der Waals surface area contributed by atoms with Gasteiger partial charge in [0.1, 0.15) is 5.75 Å². The Morgan fingerprint density at radius 3 is 3.07 bits per heavy atom. The van der Waals surface area contributed by atoms with E-state index in [4.69, 9.17) is 22.1 Å². The lowest BCUT2D eigenvalue weighted by atomic mass is 9.90. The van der Waals surface area contributed by atoms with Crippen LogP contribution < -0.4 is 10.5 Å². The van der Waals surface area contributed by atoms with Crippen LogP contribution in [0.4, 0.5) is 0 Å². The first-order chi connectivity index (χ1) is 6.70. The minimum absolute atomic E-state index is 0.247. The third kappa shape index (κ3) is 1.72. The lowest BCUT2D eigenvalue weighted by molar-refractivity contribution is 0.177. The summed E-state index contributed by atoms with van der Waals surface area (Å²) in [5.41, 5.74) is 6.88. The van der Waals surface area contributed by atoms with E-state index >= 15 is 0 Å². The fourth-order valence-electron chi connectivity index (χ4n) is 1.96. The zero-order valence-corrected chi connectivity index (χ0v) is 8.92. The van der Waals surface area contributed by atoms with Crippen molar-refractivity contribution in [3.05, 3.63) is 28.8 Å². The van der Waals surface area contributed by atoms with Crippen LogP contribution in [0.25, 0.3) is 0 Å². The second kappa shape index (κ2) is 3.79. The van der Waals surface area contributed by atoms with E-state index < -0.39 is 0 Å². The molecule has 0 amide bonds. The zero-order valence-electron chi connectivity index (χ0n) is 8.16. The van der Waals surface area contributed by atoms with Crippen LogP contribution in [0.15, 0.2) is 18.2 Å². The van der Waals surface area contributed by atoms with Crippen molar-refractivity contribution in [3.63, 3.8) is 0 Å². The highest BCUT2D eigenvalue weighted by molar-refractivity contribution is 6.30. The first-order valence-electron chi connectivity index (χ1n) is 4.87. The number of ether oxygens (including phenoxy) is 1. The Hall–Kier alpha value is -0.730. The van der Waals surface area contributed by atoms with Gasteiger partial charge in [-0.05, 0) is 38.1 Å². The molecule has 2 unspecified atom stereocenters. The maximum atomic E-state index is 5.94. The molecule has 3 heteroatoms. The van der Waals surface area contributed by atoms with E-state index in [2.05, 4.69) is 6.92 Å². The van der Waals surface area contributed by atoms with Gasteiger partial charge in [-0.2, -0.15) is 0 Å². The molecule has 2 rings (SSSR count). The Balaban J connectivity index is 2.41. The quantitative estimate of drug-likeness (QED) is 0.775. The molecular formula is C11H14ClNO. The Bertz CT molecular complexity index is 340. The van der Waals surface area contributed by atoms with Gasteiger partial charge in [-0.15, -0.1) is 0 Å². The van der Waals surface area contributed by atoms with Crippen molar-refractivity contribution in [2.75, 3.05) is 6.54 Å². The Labute approximate surface area is 89.0 Å². The van der Waals surface area contributed by atoms with E-state index in [0.717, 1.165) is 22.8 Å². The average Bonchev–Trinajstić information content (AvgIpc) is 2.17. The number of halogens is 1. The Morgan fingerprint density at radius 1 is 1.57 bits per heavy atom. The lowest BCUT2D eigenvalue weighted by Gasteiger charge is -2.29. The van der Waals surface area contributed by atoms with Crippen molar-refractivity contribution in [1.29, 1.82) is 0 Å². The third-order valence-corrected chi connectivity index (χ3v) is 2.88. The third-order valence-electron chi connectivity index (χ3n) is 2.64. The van der Waals surface area contributed by atoms with Crippen LogP contribution >= 0.6 is 11.6 Å². The molecule has 0 saturated heterocycles. The molecule has 1 aromatic carbocycles. The minimum atomic E-state index is 0.247. The molecule has 0 fully saturated rings. The van der Waals surface area contributed by atoms with Gasteiger partial charge in [0.15, 0.2) is 0 Å². The summed E-state index contributed by atoms with van der Waals surface area (Å²) in [5, 5.41) is 0.750. The fourth-order valence-corrected chi connectivity index (χ4v) is 2.14. The summed E-state index contributed by atoms with van der Waals surface area (Å²) >= 11 is 5.94. The average molecular weight is 212 g/mol. The maximum absolute atomic E-state index is 5.94. The van der Waals surface area contributed by atoms with Crippen LogP contribution in [0.3, 0.4) is 0 Å². The molecule has 0 saturated carbocycles. The first-order valence-corrected chi connectivity index (χ1v) is 5.24. The summed E-state index contributed by atoms with van der Waals surface area (Å²) in [7, 11) is 0. The van der Waals surface area contributed by atoms with E-state index in [0.29, 0.717) is 12.5 Å². The standard InChI is InChI=1S/C11H14ClNO/c1-7-4-8(6-13)10-5-9(12)2-3-11(10)14-7/h2-3,5,7-8H,4,6,13H2,1H3. The molecule has 76 valence electrons. The second-order valence-electron chi connectivity index (χ2n) is 3.78. The smallest absolute Gasteiger partial charge is 0.123 e. The highest BCUT2D eigenvalue weighted by Crippen LogP contribution is 2.37. The summed E-state index contributed by atoms with van der Waals surface area (Å²) in [6.45, 7) is 2.72. The van der Waals surface area contributed by atoms with Gasteiger partial charge in [0.25, 0.3) is 0 Å². The SMILES string of the molecule is CC1CC(CN)c2cc(Cl)ccc2O1. The molecule has 1 heterocycles. The van der Waals surface area contributed by atoms with Crippen molar-refractivity contribution >= 4 is 11.6 Å². The summed E-state index contributed by atoms with van der Waals surface area (Å²) in [6, 6.07) is 5.74. The molecule has 0 aliphatic carbocycles. The van der Waals surface area contributed by atoms with Gasteiger partial charge >= 0.3 is 0 Å². The van der Waals surface area contributed by atoms with Crippen LogP contribution in [-0.4, -0.2) is 12.6 Å². The predicted octanol–water partition coefficient (Wildman–Crippen LogP) is 2.55. The van der Waals surface area contributed by atoms with Crippen molar-refractivity contribution in [1.82, 2.24) is 0 Å². The molecule has 0 aromatic heterocycles. The van der Waals surface area contributed by atoms with Gasteiger partial charge < -0.3 is 10.5 Å². The highest BCUT2D eigenvalue weighted by Gasteiger charge is 2.24. The van der Waals surface area contributed by atoms with Crippen LogP contribution in [0.2, 0.25) is 5.02 Å². The molecule has 0 radical (unpaired) electrons. The molecule has 0 spiro atoms. The highest BCUT2D eigenvalue weighted by atomic mass is 35.5. The van der Waals surface area contributed by atoms with Crippen LogP contribution in [-0.2, 0) is 0 Å². The van der Waals surface area contributed by atoms with Gasteiger partial charge in [-0.25, -0.2) is 0 Å². The van der Waals surface area contributed by atoms with Gasteiger partial charge in [0.2, 0.25) is 0 Å². The molecule has 2 nitrogen and oxygen atoms in total. The lowest BCUT2D eigenvalue weighted by Crippen LogP contribution is -2.26. The minimum Gasteiger partial charge on any atom is -0.490 e. The van der Waals surface area contributed by atoms with E-state index in [1.807, 2.05) is 18.2 Å². The second-order valence-corrected chi connectivity index (χ2v) is 4.22. The van der Waals surface area contributed by atoms with Gasteiger partial charge in [-0.1, -0.05) is 11.6 Å². The van der Waals surface area contributed by atoms with Crippen molar-refractivity contribution in [2.24, 2.45) is 5.73 Å². The molecule has 1 aromatic rings. The van der Waals surface area contributed by atoms with E-state index in [1.54, 1.807) is 0 Å². The molecule has 2 atom stereocenters. The molecule has 14 heavy (non-hydrogen) atoms. The number of rotatable bonds is 1. The zero-order chi connectivity index (χ0) is 10.1.